The first-order chi connectivity index (χ1) is 8.02. The SMILES string of the molecule is C=CC(C)Oc1ccc(C)nc1C=CC(=O)O. The Hall–Kier alpha value is -2.10. The van der Waals surface area contributed by atoms with E-state index in [0.717, 1.165) is 11.8 Å². The summed E-state index contributed by atoms with van der Waals surface area (Å²) in [6.45, 7) is 7.30. The third-order valence-electron chi connectivity index (χ3n) is 2.05. The zero-order valence-corrected chi connectivity index (χ0v) is 9.88. The van der Waals surface area contributed by atoms with Crippen molar-refractivity contribution in [3.05, 3.63) is 42.3 Å². The predicted octanol–water partition coefficient (Wildman–Crippen LogP) is 2.44. The Balaban J connectivity index is 3.03. The standard InChI is InChI=1S/C13H15NO3/c1-4-10(3)17-12-7-5-9(2)14-11(12)6-8-13(15)16/h4-8,10H,1H2,2-3H3,(H,15,16). The fourth-order valence-corrected chi connectivity index (χ4v) is 1.18. The summed E-state index contributed by atoms with van der Waals surface area (Å²) in [4.78, 5) is 14.7. The number of carboxylic acids is 1. The molecule has 1 N–H and O–H groups in total. The summed E-state index contributed by atoms with van der Waals surface area (Å²) >= 11 is 0. The minimum atomic E-state index is -1.02. The van der Waals surface area contributed by atoms with E-state index < -0.39 is 5.97 Å². The summed E-state index contributed by atoms with van der Waals surface area (Å²) in [5.41, 5.74) is 1.30. The van der Waals surface area contributed by atoms with Gasteiger partial charge in [-0.1, -0.05) is 12.7 Å². The van der Waals surface area contributed by atoms with Crippen LogP contribution in [0.1, 0.15) is 18.3 Å². The van der Waals surface area contributed by atoms with Crippen molar-refractivity contribution < 1.29 is 14.6 Å². The second kappa shape index (κ2) is 5.84. The smallest absolute Gasteiger partial charge is 0.328 e. The third-order valence-corrected chi connectivity index (χ3v) is 2.05. The summed E-state index contributed by atoms with van der Waals surface area (Å²) in [7, 11) is 0. The van der Waals surface area contributed by atoms with Gasteiger partial charge in [0.15, 0.2) is 0 Å². The van der Waals surface area contributed by atoms with Gasteiger partial charge in [0.25, 0.3) is 0 Å². The van der Waals surface area contributed by atoms with Gasteiger partial charge in [0.1, 0.15) is 17.5 Å². The van der Waals surface area contributed by atoms with Gasteiger partial charge in [-0.15, -0.1) is 0 Å². The lowest BCUT2D eigenvalue weighted by atomic mass is 10.2. The summed E-state index contributed by atoms with van der Waals surface area (Å²) < 4.78 is 5.56. The molecule has 1 atom stereocenters. The van der Waals surface area contributed by atoms with E-state index in [1.165, 1.54) is 6.08 Å². The van der Waals surface area contributed by atoms with E-state index in [-0.39, 0.29) is 6.10 Å². The van der Waals surface area contributed by atoms with Crippen LogP contribution >= 0.6 is 0 Å². The molecule has 0 aliphatic rings. The number of hydrogen-bond acceptors (Lipinski definition) is 3. The van der Waals surface area contributed by atoms with Crippen LogP contribution in [0.3, 0.4) is 0 Å². The molecule has 0 fully saturated rings. The van der Waals surface area contributed by atoms with Crippen molar-refractivity contribution in [1.29, 1.82) is 0 Å². The number of aliphatic carboxylic acids is 1. The summed E-state index contributed by atoms with van der Waals surface area (Å²) in [5, 5.41) is 8.59. The number of pyridine rings is 1. The van der Waals surface area contributed by atoms with Gasteiger partial charge >= 0.3 is 5.97 Å². The average molecular weight is 233 g/mol. The Morgan fingerprint density at radius 3 is 2.88 bits per heavy atom. The molecule has 4 heteroatoms. The van der Waals surface area contributed by atoms with E-state index in [0.29, 0.717) is 11.4 Å². The molecule has 0 spiro atoms. The molecule has 1 aromatic rings. The monoisotopic (exact) mass is 233 g/mol. The first kappa shape index (κ1) is 13.0. The van der Waals surface area contributed by atoms with Crippen molar-refractivity contribution in [3.63, 3.8) is 0 Å². The van der Waals surface area contributed by atoms with Crippen LogP contribution in [0.4, 0.5) is 0 Å². The molecule has 1 aromatic heterocycles. The molecule has 0 amide bonds. The quantitative estimate of drug-likeness (QED) is 0.626. The molecule has 0 radical (unpaired) electrons. The normalized spacial score (nSPS) is 12.4. The first-order valence-electron chi connectivity index (χ1n) is 5.21. The maximum absolute atomic E-state index is 10.5. The van der Waals surface area contributed by atoms with Crippen LogP contribution in [-0.4, -0.2) is 22.2 Å². The van der Waals surface area contributed by atoms with Gasteiger partial charge in [0.05, 0.1) is 0 Å². The summed E-state index contributed by atoms with van der Waals surface area (Å²) in [5.74, 6) is -0.475. The second-order valence-electron chi connectivity index (χ2n) is 3.57. The van der Waals surface area contributed by atoms with E-state index in [1.54, 1.807) is 12.1 Å². The Morgan fingerprint density at radius 1 is 1.59 bits per heavy atom. The molecule has 0 saturated heterocycles. The highest BCUT2D eigenvalue weighted by atomic mass is 16.5. The minimum Gasteiger partial charge on any atom is -0.484 e. The van der Waals surface area contributed by atoms with Crippen LogP contribution in [0.25, 0.3) is 6.08 Å². The topological polar surface area (TPSA) is 59.4 Å². The van der Waals surface area contributed by atoms with Crippen molar-refractivity contribution in [2.45, 2.75) is 20.0 Å². The Labute approximate surface area is 100 Å². The van der Waals surface area contributed by atoms with Crippen LogP contribution in [0.5, 0.6) is 5.75 Å². The lowest BCUT2D eigenvalue weighted by Crippen LogP contribution is -2.09. The highest BCUT2D eigenvalue weighted by Gasteiger charge is 2.06. The second-order valence-corrected chi connectivity index (χ2v) is 3.57. The number of aromatic nitrogens is 1. The molecular weight excluding hydrogens is 218 g/mol. The number of carbonyl (C=O) groups is 1. The van der Waals surface area contributed by atoms with E-state index in [1.807, 2.05) is 19.9 Å². The van der Waals surface area contributed by atoms with Gasteiger partial charge in [-0.3, -0.25) is 0 Å². The molecule has 90 valence electrons. The van der Waals surface area contributed by atoms with Crippen molar-refractivity contribution in [1.82, 2.24) is 4.98 Å². The average Bonchev–Trinajstić information content (AvgIpc) is 2.29. The number of carboxylic acid groups (broad SMARTS) is 1. The Morgan fingerprint density at radius 2 is 2.29 bits per heavy atom. The number of nitrogens with zero attached hydrogens (tertiary/aromatic N) is 1. The molecular formula is C13H15NO3. The lowest BCUT2D eigenvalue weighted by molar-refractivity contribution is -0.131. The number of aryl methyl sites for hydroxylation is 1. The highest BCUT2D eigenvalue weighted by molar-refractivity contribution is 5.85. The highest BCUT2D eigenvalue weighted by Crippen LogP contribution is 2.20. The summed E-state index contributed by atoms with van der Waals surface area (Å²) in [6, 6.07) is 3.58. The van der Waals surface area contributed by atoms with E-state index in [4.69, 9.17) is 9.84 Å². The van der Waals surface area contributed by atoms with Gasteiger partial charge in [-0.05, 0) is 32.1 Å². The van der Waals surface area contributed by atoms with E-state index in [9.17, 15) is 4.79 Å². The summed E-state index contributed by atoms with van der Waals surface area (Å²) in [6.07, 6.45) is 3.95. The number of ether oxygens (including phenoxy) is 1. The van der Waals surface area contributed by atoms with Crippen molar-refractivity contribution >= 4 is 12.0 Å². The van der Waals surface area contributed by atoms with E-state index in [2.05, 4.69) is 11.6 Å². The van der Waals surface area contributed by atoms with Gasteiger partial charge in [-0.25, -0.2) is 9.78 Å². The van der Waals surface area contributed by atoms with Crippen LogP contribution in [0.15, 0.2) is 30.9 Å². The zero-order chi connectivity index (χ0) is 12.8. The zero-order valence-electron chi connectivity index (χ0n) is 9.88. The van der Waals surface area contributed by atoms with Gasteiger partial charge in [0.2, 0.25) is 0 Å². The van der Waals surface area contributed by atoms with Gasteiger partial charge in [0, 0.05) is 11.8 Å². The Bertz CT molecular complexity index is 452. The fraction of sp³-hybridized carbons (Fsp3) is 0.231. The molecule has 0 saturated carbocycles. The lowest BCUT2D eigenvalue weighted by Gasteiger charge is -2.12. The van der Waals surface area contributed by atoms with Crippen molar-refractivity contribution in [3.8, 4) is 5.75 Å². The molecule has 0 aliphatic heterocycles. The van der Waals surface area contributed by atoms with Crippen LogP contribution in [0.2, 0.25) is 0 Å². The molecule has 1 heterocycles. The molecule has 0 aromatic carbocycles. The molecule has 0 bridgehead atoms. The molecule has 1 rings (SSSR count). The third kappa shape index (κ3) is 4.10. The molecule has 1 unspecified atom stereocenters. The van der Waals surface area contributed by atoms with Crippen LogP contribution < -0.4 is 4.74 Å². The van der Waals surface area contributed by atoms with Crippen molar-refractivity contribution in [2.75, 3.05) is 0 Å². The fourth-order valence-electron chi connectivity index (χ4n) is 1.18. The van der Waals surface area contributed by atoms with Gasteiger partial charge < -0.3 is 9.84 Å². The maximum Gasteiger partial charge on any atom is 0.328 e. The molecule has 0 aliphatic carbocycles. The molecule has 4 nitrogen and oxygen atoms in total. The van der Waals surface area contributed by atoms with Crippen LogP contribution in [-0.2, 0) is 4.79 Å². The maximum atomic E-state index is 10.5. The Kier molecular flexibility index (Phi) is 4.46. The molecule has 17 heavy (non-hydrogen) atoms. The number of hydrogen-bond donors (Lipinski definition) is 1. The first-order valence-corrected chi connectivity index (χ1v) is 5.21. The number of rotatable bonds is 5. The predicted molar refractivity (Wildman–Crippen MR) is 65.9 cm³/mol. The van der Waals surface area contributed by atoms with Crippen molar-refractivity contribution in [2.24, 2.45) is 0 Å². The van der Waals surface area contributed by atoms with Gasteiger partial charge in [-0.2, -0.15) is 0 Å². The van der Waals surface area contributed by atoms with E-state index >= 15 is 0 Å². The largest absolute Gasteiger partial charge is 0.484 e. The van der Waals surface area contributed by atoms with Crippen LogP contribution in [0, 0.1) is 6.92 Å². The minimum absolute atomic E-state index is 0.156.